The largest absolute Gasteiger partial charge is 0.340 e. The predicted octanol–water partition coefficient (Wildman–Crippen LogP) is 11.8. The van der Waals surface area contributed by atoms with Gasteiger partial charge in [-0.05, 0) is 51.4 Å². The van der Waals surface area contributed by atoms with Crippen molar-refractivity contribution in [1.82, 2.24) is 14.5 Å². The fourth-order valence-electron chi connectivity index (χ4n) is 5.71. The van der Waals surface area contributed by atoms with Gasteiger partial charge in [0, 0.05) is 51.2 Å². The van der Waals surface area contributed by atoms with Crippen LogP contribution in [0.1, 0.15) is 63.0 Å². The molecule has 0 N–H and O–H groups in total. The molecular formula is C45H41IrN3-2. The summed E-state index contributed by atoms with van der Waals surface area (Å²) in [7, 11) is 0. The second-order valence-corrected chi connectivity index (χ2v) is 11.9. The summed E-state index contributed by atoms with van der Waals surface area (Å²) in [5.41, 5.74) is 8.92. The molecule has 0 spiro atoms. The number of para-hydroxylation sites is 1. The third-order valence-electron chi connectivity index (χ3n) is 8.12. The van der Waals surface area contributed by atoms with Crippen molar-refractivity contribution < 1.29 is 27.0 Å². The Hall–Kier alpha value is -4.89. The van der Waals surface area contributed by atoms with Crippen molar-refractivity contribution >= 4 is 0 Å². The molecule has 4 heteroatoms. The molecule has 0 atom stereocenters. The van der Waals surface area contributed by atoms with Crippen LogP contribution in [0.15, 0.2) is 146 Å². The minimum absolute atomic E-state index is 0. The maximum absolute atomic E-state index is 8.77. The van der Waals surface area contributed by atoms with E-state index in [1.165, 1.54) is 17.2 Å². The first-order valence-corrected chi connectivity index (χ1v) is 16.0. The minimum Gasteiger partial charge on any atom is -0.340 e. The number of nitrogens with zero attached hydrogens (tertiary/aromatic N) is 3. The quantitative estimate of drug-likeness (QED) is 0.150. The van der Waals surface area contributed by atoms with Crippen LogP contribution in [0.4, 0.5) is 0 Å². The van der Waals surface area contributed by atoms with E-state index in [1.54, 1.807) is 6.20 Å². The first-order valence-electron chi connectivity index (χ1n) is 18.5. The Balaban J connectivity index is 0.000000247. The number of aryl methyl sites for hydroxylation is 1. The number of pyridine rings is 1. The standard InChI is InChI=1S/C28H29N2.C17H12N.Ir/c1-19(2)24-12-9-13-25(20(3)4)27(24)30-17-16-29-28(30)23-15-14-21(5)26(18-23)22-10-7-6-8-11-22;1-3-7-14(8-4-1)16-11-12-18-17(13-16)15-9-5-2-6-10-15;/h6-14,16-20H,1-5H3;1-9,11-13H;/q2*-1;/i5D3,19D,20D;;. The zero-order valence-electron chi connectivity index (χ0n) is 33.0. The van der Waals surface area contributed by atoms with Crippen LogP contribution in [-0.4, -0.2) is 14.5 Å². The number of imidazole rings is 1. The van der Waals surface area contributed by atoms with Crippen LogP contribution in [0.25, 0.3) is 50.6 Å². The van der Waals surface area contributed by atoms with Gasteiger partial charge in [-0.15, -0.1) is 65.2 Å². The van der Waals surface area contributed by atoms with Crippen LogP contribution in [0, 0.1) is 19.0 Å². The molecule has 2 aromatic heterocycles. The van der Waals surface area contributed by atoms with E-state index < -0.39 is 18.6 Å². The van der Waals surface area contributed by atoms with Gasteiger partial charge in [0.15, 0.2) is 0 Å². The van der Waals surface area contributed by atoms with Crippen molar-refractivity contribution in [3.8, 4) is 50.6 Å². The Morgan fingerprint density at radius 3 is 1.96 bits per heavy atom. The van der Waals surface area contributed by atoms with E-state index >= 15 is 0 Å². The molecule has 3 nitrogen and oxygen atoms in total. The van der Waals surface area contributed by atoms with Gasteiger partial charge in [-0.2, -0.15) is 0 Å². The van der Waals surface area contributed by atoms with E-state index in [-0.39, 0.29) is 25.7 Å². The number of hydrogen-bond donors (Lipinski definition) is 0. The summed E-state index contributed by atoms with van der Waals surface area (Å²) in [6, 6.07) is 47.2. The minimum atomic E-state index is -2.29. The Kier molecular flexibility index (Phi) is 9.77. The SMILES string of the molecule is [2H]C([2H])([2H])c1c[c-]c(-c2nccn2-c2c(C([2H])(C)C)cccc2C([2H])(C)C)cc1-c1ccccc1.[Ir].[c-]1ccccc1-c1cc(-c2ccccc2)ccn1. The zero-order valence-corrected chi connectivity index (χ0v) is 30.4. The molecule has 247 valence electrons. The predicted molar refractivity (Wildman–Crippen MR) is 200 cm³/mol. The Morgan fingerprint density at radius 1 is 0.653 bits per heavy atom. The fourth-order valence-corrected chi connectivity index (χ4v) is 5.71. The van der Waals surface area contributed by atoms with Crippen molar-refractivity contribution in [3.05, 3.63) is 175 Å². The van der Waals surface area contributed by atoms with Crippen molar-refractivity contribution in [1.29, 1.82) is 0 Å². The molecule has 2 heterocycles. The summed E-state index contributed by atoms with van der Waals surface area (Å²) in [4.78, 5) is 9.01. The molecule has 0 aliphatic heterocycles. The van der Waals surface area contributed by atoms with Gasteiger partial charge in [-0.3, -0.25) is 4.98 Å². The van der Waals surface area contributed by atoms with E-state index in [0.717, 1.165) is 33.6 Å². The van der Waals surface area contributed by atoms with Crippen molar-refractivity contribution in [2.24, 2.45) is 0 Å². The maximum atomic E-state index is 8.77. The summed E-state index contributed by atoms with van der Waals surface area (Å²) in [6.07, 6.45) is 5.35. The number of hydrogen-bond acceptors (Lipinski definition) is 2. The third-order valence-corrected chi connectivity index (χ3v) is 8.12. The van der Waals surface area contributed by atoms with E-state index in [9.17, 15) is 0 Å². The van der Waals surface area contributed by atoms with Crippen molar-refractivity contribution in [2.75, 3.05) is 0 Å². The Morgan fingerprint density at radius 2 is 1.33 bits per heavy atom. The van der Waals surface area contributed by atoms with Crippen LogP contribution in [0.3, 0.4) is 0 Å². The van der Waals surface area contributed by atoms with Gasteiger partial charge in [0.2, 0.25) is 0 Å². The fraction of sp³-hybridized carbons (Fsp3) is 0.156. The Labute approximate surface area is 312 Å². The molecule has 0 fully saturated rings. The molecule has 7 rings (SSSR count). The molecule has 7 aromatic rings. The van der Waals surface area contributed by atoms with Gasteiger partial charge in [0.05, 0.1) is 5.82 Å². The molecule has 5 aromatic carbocycles. The molecule has 49 heavy (non-hydrogen) atoms. The van der Waals surface area contributed by atoms with Crippen LogP contribution in [0.5, 0.6) is 0 Å². The van der Waals surface area contributed by atoms with Gasteiger partial charge in [0.1, 0.15) is 0 Å². The molecular weight excluding hydrogens is 775 g/mol. The van der Waals surface area contributed by atoms with E-state index in [0.29, 0.717) is 17.0 Å². The van der Waals surface area contributed by atoms with Crippen LogP contribution in [0.2, 0.25) is 0 Å². The normalized spacial score (nSPS) is 12.9. The van der Waals surface area contributed by atoms with Gasteiger partial charge in [-0.1, -0.05) is 125 Å². The van der Waals surface area contributed by atoms with E-state index in [1.807, 2.05) is 148 Å². The van der Waals surface area contributed by atoms with Crippen molar-refractivity contribution in [3.63, 3.8) is 0 Å². The second kappa shape index (κ2) is 16.5. The average Bonchev–Trinajstić information content (AvgIpc) is 3.65. The molecule has 0 saturated heterocycles. The van der Waals surface area contributed by atoms with Crippen molar-refractivity contribution in [2.45, 2.75) is 46.3 Å². The first-order chi connectivity index (χ1) is 25.2. The molecule has 0 saturated carbocycles. The zero-order chi connectivity index (χ0) is 37.8. The number of aromatic nitrogens is 3. The topological polar surface area (TPSA) is 30.7 Å². The smallest absolute Gasteiger partial charge is 0.0603 e. The van der Waals surface area contributed by atoms with Gasteiger partial charge in [0.25, 0.3) is 0 Å². The Bertz CT molecular complexity index is 2200. The van der Waals surface area contributed by atoms with Gasteiger partial charge in [-0.25, -0.2) is 0 Å². The van der Waals surface area contributed by atoms with E-state index in [4.69, 9.17) is 6.85 Å². The van der Waals surface area contributed by atoms with Gasteiger partial charge >= 0.3 is 0 Å². The molecule has 0 bridgehead atoms. The van der Waals surface area contributed by atoms with Crippen LogP contribution < -0.4 is 0 Å². The third kappa shape index (κ3) is 8.23. The molecule has 0 aliphatic rings. The molecule has 0 unspecified atom stereocenters. The molecule has 0 amide bonds. The first kappa shape index (κ1) is 29.1. The monoisotopic (exact) mass is 821 g/mol. The molecule has 1 radical (unpaired) electrons. The number of benzene rings is 5. The van der Waals surface area contributed by atoms with Crippen LogP contribution >= 0.6 is 0 Å². The summed E-state index contributed by atoms with van der Waals surface area (Å²) < 4.78 is 43.5. The maximum Gasteiger partial charge on any atom is 0.0603 e. The molecule has 0 aliphatic carbocycles. The van der Waals surface area contributed by atoms with E-state index in [2.05, 4.69) is 40.3 Å². The summed E-state index contributed by atoms with van der Waals surface area (Å²) in [5, 5.41) is 0. The number of rotatable bonds is 7. The average molecular weight is 821 g/mol. The second-order valence-electron chi connectivity index (χ2n) is 11.9. The summed E-state index contributed by atoms with van der Waals surface area (Å²) >= 11 is 0. The van der Waals surface area contributed by atoms with Gasteiger partial charge < -0.3 is 9.55 Å². The summed E-state index contributed by atoms with van der Waals surface area (Å²) in [6.45, 7) is 5.02. The summed E-state index contributed by atoms with van der Waals surface area (Å²) in [5.74, 6) is -1.26. The van der Waals surface area contributed by atoms with Crippen LogP contribution in [-0.2, 0) is 20.1 Å².